The molecule has 1 aromatic heterocycles. The van der Waals surface area contributed by atoms with Crippen molar-refractivity contribution in [3.05, 3.63) is 25.4 Å². The molecule has 0 aromatic carbocycles. The van der Waals surface area contributed by atoms with Crippen LogP contribution in [0.5, 0.6) is 0 Å². The highest BCUT2D eigenvalue weighted by Crippen LogP contribution is 2.40. The van der Waals surface area contributed by atoms with Crippen molar-refractivity contribution < 1.29 is 4.74 Å². The van der Waals surface area contributed by atoms with Crippen LogP contribution in [0.1, 0.15) is 51.0 Å². The standard InChI is InChI=1S/C14H21IN2O2/c1-4-19-14(7-5-9(2)6-8-14)13-16-10(3)11(15)12(18)17-13/h9H,4-8H2,1-3H3,(H,16,17,18). The maximum absolute atomic E-state index is 12.0. The quantitative estimate of drug-likeness (QED) is 0.825. The van der Waals surface area contributed by atoms with Gasteiger partial charge in [-0.05, 0) is 68.0 Å². The molecule has 19 heavy (non-hydrogen) atoms. The number of aromatic nitrogens is 2. The Balaban J connectivity index is 2.42. The van der Waals surface area contributed by atoms with Gasteiger partial charge < -0.3 is 9.72 Å². The smallest absolute Gasteiger partial charge is 0.264 e. The molecule has 1 N–H and O–H groups in total. The van der Waals surface area contributed by atoms with Crippen LogP contribution in [0, 0.1) is 16.4 Å². The number of aryl methyl sites for hydroxylation is 1. The predicted molar refractivity (Wildman–Crippen MR) is 83.2 cm³/mol. The lowest BCUT2D eigenvalue weighted by Crippen LogP contribution is -2.38. The highest BCUT2D eigenvalue weighted by molar-refractivity contribution is 14.1. The minimum absolute atomic E-state index is 0.0548. The molecule has 1 fully saturated rings. The minimum atomic E-state index is -0.393. The second-order valence-corrected chi connectivity index (χ2v) is 6.50. The Morgan fingerprint density at radius 1 is 1.47 bits per heavy atom. The van der Waals surface area contributed by atoms with Gasteiger partial charge in [0.2, 0.25) is 0 Å². The third-order valence-corrected chi connectivity index (χ3v) is 5.23. The molecule has 1 saturated carbocycles. The summed E-state index contributed by atoms with van der Waals surface area (Å²) >= 11 is 2.04. The molecular formula is C14H21IN2O2. The lowest BCUT2D eigenvalue weighted by Gasteiger charge is -2.38. The summed E-state index contributed by atoms with van der Waals surface area (Å²) in [6.45, 7) is 6.79. The van der Waals surface area contributed by atoms with E-state index in [4.69, 9.17) is 4.74 Å². The van der Waals surface area contributed by atoms with Crippen LogP contribution < -0.4 is 5.56 Å². The molecule has 2 rings (SSSR count). The molecule has 1 aliphatic rings. The molecule has 0 spiro atoms. The average Bonchev–Trinajstić information content (AvgIpc) is 2.38. The molecule has 4 nitrogen and oxygen atoms in total. The van der Waals surface area contributed by atoms with Crippen LogP contribution in [0.2, 0.25) is 0 Å². The second-order valence-electron chi connectivity index (χ2n) is 5.42. The molecule has 0 unspecified atom stereocenters. The third-order valence-electron chi connectivity index (χ3n) is 3.96. The van der Waals surface area contributed by atoms with Crippen molar-refractivity contribution in [2.75, 3.05) is 6.61 Å². The van der Waals surface area contributed by atoms with Gasteiger partial charge in [0.15, 0.2) is 0 Å². The fourth-order valence-electron chi connectivity index (χ4n) is 2.74. The summed E-state index contributed by atoms with van der Waals surface area (Å²) in [6.07, 6.45) is 4.11. The fourth-order valence-corrected chi connectivity index (χ4v) is 3.00. The molecule has 0 atom stereocenters. The number of ether oxygens (including phenoxy) is 1. The maximum atomic E-state index is 12.0. The number of aromatic amines is 1. The first-order chi connectivity index (χ1) is 8.98. The monoisotopic (exact) mass is 376 g/mol. The van der Waals surface area contributed by atoms with E-state index in [1.54, 1.807) is 0 Å². The van der Waals surface area contributed by atoms with E-state index < -0.39 is 5.60 Å². The molecule has 1 aliphatic carbocycles. The molecule has 1 heterocycles. The second kappa shape index (κ2) is 5.91. The summed E-state index contributed by atoms with van der Waals surface area (Å²) in [4.78, 5) is 19.5. The molecule has 1 aromatic rings. The van der Waals surface area contributed by atoms with Gasteiger partial charge in [-0.1, -0.05) is 6.92 Å². The van der Waals surface area contributed by atoms with Crippen molar-refractivity contribution in [3.8, 4) is 0 Å². The Hall–Kier alpha value is -0.430. The van der Waals surface area contributed by atoms with Gasteiger partial charge in [0, 0.05) is 6.61 Å². The number of nitrogens with one attached hydrogen (secondary N) is 1. The van der Waals surface area contributed by atoms with Crippen LogP contribution in [-0.4, -0.2) is 16.6 Å². The number of rotatable bonds is 3. The Kier molecular flexibility index (Phi) is 4.66. The van der Waals surface area contributed by atoms with Crippen LogP contribution in [0.4, 0.5) is 0 Å². The summed E-state index contributed by atoms with van der Waals surface area (Å²) in [5.41, 5.74) is 0.341. The summed E-state index contributed by atoms with van der Waals surface area (Å²) < 4.78 is 6.68. The lowest BCUT2D eigenvalue weighted by molar-refractivity contribution is -0.0839. The van der Waals surface area contributed by atoms with Crippen molar-refractivity contribution >= 4 is 22.6 Å². The topological polar surface area (TPSA) is 55.0 Å². The van der Waals surface area contributed by atoms with Crippen LogP contribution in [-0.2, 0) is 10.3 Å². The van der Waals surface area contributed by atoms with Gasteiger partial charge >= 0.3 is 0 Å². The molecule has 0 bridgehead atoms. The first-order valence-electron chi connectivity index (χ1n) is 6.89. The minimum Gasteiger partial charge on any atom is -0.367 e. The van der Waals surface area contributed by atoms with E-state index in [2.05, 4.69) is 16.9 Å². The summed E-state index contributed by atoms with van der Waals surface area (Å²) in [7, 11) is 0. The Morgan fingerprint density at radius 3 is 2.63 bits per heavy atom. The first-order valence-corrected chi connectivity index (χ1v) is 7.97. The highest BCUT2D eigenvalue weighted by atomic mass is 127. The molecule has 5 heteroatoms. The number of halogens is 1. The SMILES string of the molecule is CCOC1(c2nc(C)c(I)c(=O)[nH]2)CCC(C)CC1. The van der Waals surface area contributed by atoms with E-state index in [0.717, 1.165) is 37.3 Å². The summed E-state index contributed by atoms with van der Waals surface area (Å²) in [5.74, 6) is 1.44. The van der Waals surface area contributed by atoms with Crippen LogP contribution in [0.15, 0.2) is 4.79 Å². The Bertz CT molecular complexity index is 505. The predicted octanol–water partition coefficient (Wildman–Crippen LogP) is 3.12. The zero-order chi connectivity index (χ0) is 14.0. The van der Waals surface area contributed by atoms with Gasteiger partial charge in [0.1, 0.15) is 11.4 Å². The third kappa shape index (κ3) is 3.02. The molecular weight excluding hydrogens is 355 g/mol. The Labute approximate surface area is 127 Å². The first kappa shape index (κ1) is 15.0. The molecule has 0 saturated heterocycles. The fraction of sp³-hybridized carbons (Fsp3) is 0.714. The van der Waals surface area contributed by atoms with E-state index in [1.165, 1.54) is 0 Å². The summed E-state index contributed by atoms with van der Waals surface area (Å²) in [5, 5.41) is 0. The van der Waals surface area contributed by atoms with Crippen LogP contribution >= 0.6 is 22.6 Å². The Morgan fingerprint density at radius 2 is 2.11 bits per heavy atom. The van der Waals surface area contributed by atoms with Gasteiger partial charge in [0.25, 0.3) is 5.56 Å². The number of nitrogens with zero attached hydrogens (tertiary/aromatic N) is 1. The van der Waals surface area contributed by atoms with E-state index in [1.807, 2.05) is 36.4 Å². The zero-order valence-corrected chi connectivity index (χ0v) is 13.9. The van der Waals surface area contributed by atoms with E-state index in [9.17, 15) is 4.79 Å². The maximum Gasteiger partial charge on any atom is 0.264 e. The van der Waals surface area contributed by atoms with Crippen LogP contribution in [0.3, 0.4) is 0 Å². The highest BCUT2D eigenvalue weighted by Gasteiger charge is 2.39. The summed E-state index contributed by atoms with van der Waals surface area (Å²) in [6, 6.07) is 0. The molecule has 106 valence electrons. The number of hydrogen-bond donors (Lipinski definition) is 1. The zero-order valence-electron chi connectivity index (χ0n) is 11.8. The number of hydrogen-bond acceptors (Lipinski definition) is 3. The molecule has 0 aliphatic heterocycles. The number of H-pyrrole nitrogens is 1. The van der Waals surface area contributed by atoms with Gasteiger partial charge in [-0.25, -0.2) is 4.98 Å². The van der Waals surface area contributed by atoms with Crippen molar-refractivity contribution in [1.29, 1.82) is 0 Å². The van der Waals surface area contributed by atoms with E-state index in [0.29, 0.717) is 16.0 Å². The molecule has 0 amide bonds. The van der Waals surface area contributed by atoms with E-state index in [-0.39, 0.29) is 5.56 Å². The van der Waals surface area contributed by atoms with Gasteiger partial charge in [-0.3, -0.25) is 4.79 Å². The largest absolute Gasteiger partial charge is 0.367 e. The van der Waals surface area contributed by atoms with Crippen molar-refractivity contribution in [3.63, 3.8) is 0 Å². The van der Waals surface area contributed by atoms with Gasteiger partial charge in [-0.2, -0.15) is 0 Å². The van der Waals surface area contributed by atoms with Crippen LogP contribution in [0.25, 0.3) is 0 Å². The van der Waals surface area contributed by atoms with Crippen molar-refractivity contribution in [1.82, 2.24) is 9.97 Å². The average molecular weight is 376 g/mol. The van der Waals surface area contributed by atoms with Crippen molar-refractivity contribution in [2.24, 2.45) is 5.92 Å². The van der Waals surface area contributed by atoms with Gasteiger partial charge in [0.05, 0.1) is 9.26 Å². The van der Waals surface area contributed by atoms with Crippen molar-refractivity contribution in [2.45, 2.75) is 52.1 Å². The van der Waals surface area contributed by atoms with E-state index >= 15 is 0 Å². The van der Waals surface area contributed by atoms with Gasteiger partial charge in [-0.15, -0.1) is 0 Å². The normalized spacial score (nSPS) is 27.5. The molecule has 0 radical (unpaired) electrons. The lowest BCUT2D eigenvalue weighted by atomic mass is 9.79.